The molecule has 8 aromatic carbocycles. The van der Waals surface area contributed by atoms with Gasteiger partial charge in [0.1, 0.15) is 11.7 Å². The van der Waals surface area contributed by atoms with Crippen LogP contribution in [0.5, 0.6) is 0 Å². The summed E-state index contributed by atoms with van der Waals surface area (Å²) in [6, 6.07) is 63.7. The largest absolute Gasteiger partial charge is 0.324 e. The molecule has 3 heteroatoms. The summed E-state index contributed by atoms with van der Waals surface area (Å²) < 4.78 is 0. The molecule has 3 nitrogen and oxygen atoms in total. The van der Waals surface area contributed by atoms with E-state index in [1.807, 2.05) is 12.1 Å². The quantitative estimate of drug-likeness (QED) is 0.189. The van der Waals surface area contributed by atoms with Gasteiger partial charge in [-0.2, -0.15) is 0 Å². The molecule has 3 aliphatic rings. The van der Waals surface area contributed by atoms with Crippen LogP contribution in [0.3, 0.4) is 0 Å². The highest BCUT2D eigenvalue weighted by Crippen LogP contribution is 2.62. The highest BCUT2D eigenvalue weighted by atomic mass is 15.2. The standard InChI is InChI=1S/C48H31N3/c1-3-13-32(14-4-1)45-49-46(33-15-5-2-6-16-33)51-47(50-45)37-21-8-7-19-35(37)34-27-28-40-38(29-34)36-20-9-10-22-39(36)48(40)41-23-11-17-30-25-26-31-18-12-24-42(48)44(31)43(30)41/h1-29,45H,(H,49,50,51). The molecule has 238 valence electrons. The Morgan fingerprint density at radius 2 is 0.961 bits per heavy atom. The molecule has 1 spiro atoms. The van der Waals surface area contributed by atoms with Crippen molar-refractivity contribution in [2.75, 3.05) is 0 Å². The number of aliphatic imine (C=N–C) groups is 2. The van der Waals surface area contributed by atoms with Crippen LogP contribution in [0.25, 0.3) is 43.8 Å². The summed E-state index contributed by atoms with van der Waals surface area (Å²) in [5.74, 6) is 1.63. The van der Waals surface area contributed by atoms with E-state index < -0.39 is 0 Å². The third-order valence-corrected chi connectivity index (χ3v) is 11.1. The Labute approximate surface area is 296 Å². The van der Waals surface area contributed by atoms with Gasteiger partial charge in [-0.15, -0.1) is 0 Å². The van der Waals surface area contributed by atoms with Gasteiger partial charge in [0, 0.05) is 11.1 Å². The van der Waals surface area contributed by atoms with Crippen LogP contribution in [0, 0.1) is 0 Å². The van der Waals surface area contributed by atoms with E-state index in [0.717, 1.165) is 39.5 Å². The Balaban J connectivity index is 1.10. The fourth-order valence-corrected chi connectivity index (χ4v) is 9.00. The van der Waals surface area contributed by atoms with Crippen molar-refractivity contribution in [1.82, 2.24) is 5.32 Å². The van der Waals surface area contributed by atoms with Gasteiger partial charge in [0.25, 0.3) is 0 Å². The lowest BCUT2D eigenvalue weighted by Gasteiger charge is -2.31. The zero-order valence-electron chi connectivity index (χ0n) is 27.7. The average Bonchev–Trinajstić information content (AvgIpc) is 3.68. The number of benzene rings is 8. The highest BCUT2D eigenvalue weighted by molar-refractivity contribution is 6.19. The third kappa shape index (κ3) is 3.94. The molecule has 1 aliphatic heterocycles. The maximum atomic E-state index is 5.24. The molecule has 0 radical (unpaired) electrons. The van der Waals surface area contributed by atoms with Crippen LogP contribution >= 0.6 is 0 Å². The summed E-state index contributed by atoms with van der Waals surface area (Å²) in [5, 5.41) is 9.00. The molecule has 0 saturated heterocycles. The molecule has 0 fully saturated rings. The summed E-state index contributed by atoms with van der Waals surface area (Å²) in [7, 11) is 0. The first-order chi connectivity index (χ1) is 25.3. The van der Waals surface area contributed by atoms with E-state index in [1.54, 1.807) is 0 Å². The van der Waals surface area contributed by atoms with Gasteiger partial charge in [0.2, 0.25) is 0 Å². The van der Waals surface area contributed by atoms with Crippen molar-refractivity contribution in [3.63, 3.8) is 0 Å². The van der Waals surface area contributed by atoms with Crippen LogP contribution in [0.15, 0.2) is 186 Å². The van der Waals surface area contributed by atoms with Gasteiger partial charge in [-0.05, 0) is 77.7 Å². The summed E-state index contributed by atoms with van der Waals surface area (Å²) in [5.41, 5.74) is 13.1. The number of nitrogens with zero attached hydrogens (tertiary/aromatic N) is 2. The van der Waals surface area contributed by atoms with Gasteiger partial charge in [0.15, 0.2) is 6.17 Å². The first-order valence-corrected chi connectivity index (χ1v) is 17.6. The minimum absolute atomic E-state index is 0.355. The van der Waals surface area contributed by atoms with Crippen LogP contribution < -0.4 is 5.32 Å². The van der Waals surface area contributed by atoms with Crippen molar-refractivity contribution in [2.24, 2.45) is 9.98 Å². The summed E-state index contributed by atoms with van der Waals surface area (Å²) in [4.78, 5) is 10.3. The van der Waals surface area contributed by atoms with E-state index in [1.165, 1.54) is 54.9 Å². The highest BCUT2D eigenvalue weighted by Gasteiger charge is 2.50. The minimum Gasteiger partial charge on any atom is -0.324 e. The molecule has 0 amide bonds. The van der Waals surface area contributed by atoms with E-state index in [-0.39, 0.29) is 11.6 Å². The average molecular weight is 650 g/mol. The van der Waals surface area contributed by atoms with E-state index in [0.29, 0.717) is 0 Å². The Bertz CT molecular complexity index is 2710. The monoisotopic (exact) mass is 649 g/mol. The fraction of sp³-hybridized carbons (Fsp3) is 0.0417. The molecule has 1 unspecified atom stereocenters. The molecular weight excluding hydrogens is 619 g/mol. The second-order valence-electron chi connectivity index (χ2n) is 13.7. The van der Waals surface area contributed by atoms with Gasteiger partial charge >= 0.3 is 0 Å². The number of rotatable bonds is 4. The van der Waals surface area contributed by atoms with Crippen LogP contribution in [0.1, 0.15) is 45.1 Å². The normalized spacial score (nSPS) is 16.2. The Morgan fingerprint density at radius 3 is 1.69 bits per heavy atom. The van der Waals surface area contributed by atoms with Crippen LogP contribution in [-0.2, 0) is 5.41 Å². The lowest BCUT2D eigenvalue weighted by molar-refractivity contribution is 0.756. The molecule has 11 rings (SSSR count). The third-order valence-electron chi connectivity index (χ3n) is 11.1. The van der Waals surface area contributed by atoms with Crippen LogP contribution in [0.2, 0.25) is 0 Å². The van der Waals surface area contributed by atoms with E-state index in [9.17, 15) is 0 Å². The predicted molar refractivity (Wildman–Crippen MR) is 210 cm³/mol. The maximum absolute atomic E-state index is 5.24. The first kappa shape index (κ1) is 28.3. The van der Waals surface area contributed by atoms with Gasteiger partial charge in [0.05, 0.1) is 5.41 Å². The van der Waals surface area contributed by atoms with E-state index >= 15 is 0 Å². The number of fused-ring (bicyclic) bond motifs is 7. The number of amidine groups is 2. The van der Waals surface area contributed by atoms with Crippen molar-refractivity contribution in [3.05, 3.63) is 215 Å². The SMILES string of the molecule is c1ccc(C2=NC(c3ccccc3)N=C(c3ccccc3-c3ccc4c(c3)-c3ccccc3C43c4cccc5ccc6cccc3c6c45)N2)cc1. The van der Waals surface area contributed by atoms with Crippen LogP contribution in [0.4, 0.5) is 0 Å². The molecular formula is C48H31N3. The minimum atomic E-state index is -0.369. The fourth-order valence-electron chi connectivity index (χ4n) is 9.00. The summed E-state index contributed by atoms with van der Waals surface area (Å²) in [6.07, 6.45) is -0.355. The second kappa shape index (κ2) is 10.7. The molecule has 1 heterocycles. The number of hydrogen-bond donors (Lipinski definition) is 1. The van der Waals surface area contributed by atoms with Gasteiger partial charge in [-0.25, -0.2) is 9.98 Å². The first-order valence-electron chi connectivity index (χ1n) is 17.6. The molecule has 0 saturated carbocycles. The lowest BCUT2D eigenvalue weighted by atomic mass is 9.70. The van der Waals surface area contributed by atoms with E-state index in [2.05, 4.69) is 169 Å². The van der Waals surface area contributed by atoms with Gasteiger partial charge in [-0.3, -0.25) is 0 Å². The van der Waals surface area contributed by atoms with Crippen molar-refractivity contribution < 1.29 is 0 Å². The smallest absolute Gasteiger partial charge is 0.169 e. The zero-order chi connectivity index (χ0) is 33.5. The molecule has 1 N–H and O–H groups in total. The lowest BCUT2D eigenvalue weighted by Crippen LogP contribution is -2.36. The topological polar surface area (TPSA) is 36.8 Å². The molecule has 2 aliphatic carbocycles. The van der Waals surface area contributed by atoms with Crippen LogP contribution in [-0.4, -0.2) is 11.7 Å². The van der Waals surface area contributed by atoms with Crippen molar-refractivity contribution in [2.45, 2.75) is 11.6 Å². The van der Waals surface area contributed by atoms with Crippen molar-refractivity contribution in [1.29, 1.82) is 0 Å². The maximum Gasteiger partial charge on any atom is 0.169 e. The van der Waals surface area contributed by atoms with E-state index in [4.69, 9.17) is 9.98 Å². The molecule has 1 atom stereocenters. The molecule has 51 heavy (non-hydrogen) atoms. The zero-order valence-corrected chi connectivity index (χ0v) is 27.7. The van der Waals surface area contributed by atoms with Gasteiger partial charge in [-0.1, -0.05) is 170 Å². The molecule has 0 aromatic heterocycles. The molecule has 0 bridgehead atoms. The van der Waals surface area contributed by atoms with Gasteiger partial charge < -0.3 is 5.32 Å². The summed E-state index contributed by atoms with van der Waals surface area (Å²) in [6.45, 7) is 0. The molecule has 8 aromatic rings. The second-order valence-corrected chi connectivity index (χ2v) is 13.7. The summed E-state index contributed by atoms with van der Waals surface area (Å²) >= 11 is 0. The van der Waals surface area contributed by atoms with Crippen molar-refractivity contribution in [3.8, 4) is 22.3 Å². The number of nitrogens with one attached hydrogen (secondary N) is 1. The number of hydrogen-bond acceptors (Lipinski definition) is 3. The van der Waals surface area contributed by atoms with Crippen molar-refractivity contribution >= 4 is 33.2 Å². The Morgan fingerprint density at radius 1 is 0.392 bits per heavy atom. The Hall–Kier alpha value is -6.58. The predicted octanol–water partition coefficient (Wildman–Crippen LogP) is 10.8. The Kier molecular flexibility index (Phi) is 5.94.